The minimum absolute atomic E-state index is 0.0501. The van der Waals surface area contributed by atoms with Crippen LogP contribution in [0.4, 0.5) is 0 Å². The number of hydrogen-bond acceptors (Lipinski definition) is 2. The first-order valence-corrected chi connectivity index (χ1v) is 6.32. The highest BCUT2D eigenvalue weighted by Gasteiger charge is 2.13. The van der Waals surface area contributed by atoms with Gasteiger partial charge in [0, 0.05) is 13.5 Å². The number of hydrogen-bond donors (Lipinski definition) is 0. The summed E-state index contributed by atoms with van der Waals surface area (Å²) < 4.78 is 5.61. The first kappa shape index (κ1) is 13.3. The van der Waals surface area contributed by atoms with E-state index < -0.39 is 0 Å². The molecule has 96 valence electrons. The predicted molar refractivity (Wildman–Crippen MR) is 75.8 cm³/mol. The van der Waals surface area contributed by atoms with Gasteiger partial charge in [0.2, 0.25) is 0 Å². The van der Waals surface area contributed by atoms with Crippen LogP contribution in [0.3, 0.4) is 0 Å². The van der Waals surface area contributed by atoms with Crippen molar-refractivity contribution in [2.45, 2.75) is 19.4 Å². The normalized spacial score (nSPS) is 11.8. The molecule has 0 radical (unpaired) electrons. The van der Waals surface area contributed by atoms with Crippen LogP contribution in [0.2, 0.25) is 0 Å². The van der Waals surface area contributed by atoms with Crippen molar-refractivity contribution >= 4 is 0 Å². The maximum atomic E-state index is 8.80. The maximum Gasteiger partial charge on any atom is 0.0991 e. The molecule has 1 unspecified atom stereocenters. The average Bonchev–Trinajstić information content (AvgIpc) is 2.46. The first-order chi connectivity index (χ1) is 9.24. The zero-order chi connectivity index (χ0) is 13.7. The molecule has 2 aromatic carbocycles. The van der Waals surface area contributed by atoms with Crippen molar-refractivity contribution in [3.05, 3.63) is 70.8 Å². The molecule has 0 aliphatic rings. The Balaban J connectivity index is 2.19. The molecule has 0 bridgehead atoms. The van der Waals surface area contributed by atoms with Gasteiger partial charge in [-0.15, -0.1) is 0 Å². The molecule has 0 saturated carbocycles. The summed E-state index contributed by atoms with van der Waals surface area (Å²) in [6, 6.07) is 18.1. The highest BCUT2D eigenvalue weighted by molar-refractivity contribution is 5.33. The van der Waals surface area contributed by atoms with Crippen molar-refractivity contribution in [3.63, 3.8) is 0 Å². The Morgan fingerprint density at radius 1 is 1.11 bits per heavy atom. The smallest absolute Gasteiger partial charge is 0.0991 e. The Morgan fingerprint density at radius 3 is 2.37 bits per heavy atom. The van der Waals surface area contributed by atoms with Crippen LogP contribution in [0.25, 0.3) is 0 Å². The van der Waals surface area contributed by atoms with Crippen LogP contribution < -0.4 is 0 Å². The fourth-order valence-corrected chi connectivity index (χ4v) is 2.20. The summed E-state index contributed by atoms with van der Waals surface area (Å²) in [7, 11) is 1.74. The largest absolute Gasteiger partial charge is 0.376 e. The second-order valence-electron chi connectivity index (χ2n) is 4.59. The van der Waals surface area contributed by atoms with Gasteiger partial charge in [0.15, 0.2) is 0 Å². The summed E-state index contributed by atoms with van der Waals surface area (Å²) in [5, 5.41) is 8.80. The Morgan fingerprint density at radius 2 is 1.79 bits per heavy atom. The fraction of sp³-hybridized carbons (Fsp3) is 0.235. The van der Waals surface area contributed by atoms with E-state index in [1.54, 1.807) is 7.11 Å². The number of benzene rings is 2. The molecule has 0 aromatic heterocycles. The average molecular weight is 251 g/mol. The van der Waals surface area contributed by atoms with Crippen molar-refractivity contribution in [3.8, 4) is 6.07 Å². The van der Waals surface area contributed by atoms with Gasteiger partial charge in [-0.25, -0.2) is 0 Å². The highest BCUT2D eigenvalue weighted by atomic mass is 16.5. The SMILES string of the molecule is COC(Cc1ccc(C#N)cc1)c1ccccc1C. The van der Waals surface area contributed by atoms with Gasteiger partial charge >= 0.3 is 0 Å². The van der Waals surface area contributed by atoms with Gasteiger partial charge in [-0.05, 0) is 35.7 Å². The lowest BCUT2D eigenvalue weighted by atomic mass is 9.97. The monoisotopic (exact) mass is 251 g/mol. The van der Waals surface area contributed by atoms with Crippen LogP contribution in [-0.4, -0.2) is 7.11 Å². The van der Waals surface area contributed by atoms with Gasteiger partial charge in [-0.3, -0.25) is 0 Å². The summed E-state index contributed by atoms with van der Waals surface area (Å²) in [6.07, 6.45) is 0.863. The van der Waals surface area contributed by atoms with E-state index in [4.69, 9.17) is 10.00 Å². The molecule has 2 nitrogen and oxygen atoms in total. The van der Waals surface area contributed by atoms with E-state index in [0.29, 0.717) is 5.56 Å². The first-order valence-electron chi connectivity index (χ1n) is 6.32. The van der Waals surface area contributed by atoms with E-state index in [1.807, 2.05) is 36.4 Å². The third kappa shape index (κ3) is 3.21. The van der Waals surface area contributed by atoms with Gasteiger partial charge in [-0.1, -0.05) is 36.4 Å². The topological polar surface area (TPSA) is 33.0 Å². The molecular formula is C17H17NO. The third-order valence-corrected chi connectivity index (χ3v) is 3.32. The Bertz CT molecular complexity index is 581. The Hall–Kier alpha value is -2.11. The molecule has 0 heterocycles. The second-order valence-corrected chi connectivity index (χ2v) is 4.59. The highest BCUT2D eigenvalue weighted by Crippen LogP contribution is 2.24. The van der Waals surface area contributed by atoms with Gasteiger partial charge in [-0.2, -0.15) is 5.26 Å². The van der Waals surface area contributed by atoms with Crippen LogP contribution >= 0.6 is 0 Å². The van der Waals surface area contributed by atoms with Gasteiger partial charge in [0.05, 0.1) is 17.7 Å². The molecular weight excluding hydrogens is 234 g/mol. The summed E-state index contributed by atoms with van der Waals surface area (Å²) in [5.41, 5.74) is 4.32. The number of rotatable bonds is 4. The molecule has 0 amide bonds. The van der Waals surface area contributed by atoms with Crippen LogP contribution in [0.15, 0.2) is 48.5 Å². The molecule has 0 spiro atoms. The molecule has 0 aliphatic heterocycles. The molecule has 2 heteroatoms. The fourth-order valence-electron chi connectivity index (χ4n) is 2.20. The number of nitriles is 1. The van der Waals surface area contributed by atoms with Crippen LogP contribution in [0.5, 0.6) is 0 Å². The van der Waals surface area contributed by atoms with E-state index in [9.17, 15) is 0 Å². The summed E-state index contributed by atoms with van der Waals surface area (Å²) in [6.45, 7) is 2.10. The van der Waals surface area contributed by atoms with E-state index in [1.165, 1.54) is 16.7 Å². The third-order valence-electron chi connectivity index (χ3n) is 3.32. The van der Waals surface area contributed by atoms with Crippen LogP contribution in [-0.2, 0) is 11.2 Å². The number of aryl methyl sites for hydroxylation is 1. The minimum atomic E-state index is 0.0501. The van der Waals surface area contributed by atoms with Crippen molar-refractivity contribution < 1.29 is 4.74 Å². The quantitative estimate of drug-likeness (QED) is 0.828. The lowest BCUT2D eigenvalue weighted by molar-refractivity contribution is 0.103. The molecule has 2 aromatic rings. The Labute approximate surface area is 114 Å². The van der Waals surface area contributed by atoms with Gasteiger partial charge in [0.1, 0.15) is 0 Å². The van der Waals surface area contributed by atoms with Crippen molar-refractivity contribution in [2.75, 3.05) is 7.11 Å². The van der Waals surface area contributed by atoms with Gasteiger partial charge in [0.25, 0.3) is 0 Å². The van der Waals surface area contributed by atoms with Crippen LogP contribution in [0.1, 0.15) is 28.4 Å². The van der Waals surface area contributed by atoms with Crippen molar-refractivity contribution in [2.24, 2.45) is 0 Å². The maximum absolute atomic E-state index is 8.80. The molecule has 0 saturated heterocycles. The molecule has 0 fully saturated rings. The zero-order valence-corrected chi connectivity index (χ0v) is 11.3. The molecule has 19 heavy (non-hydrogen) atoms. The predicted octanol–water partition coefficient (Wildman–Crippen LogP) is 3.80. The molecule has 2 rings (SSSR count). The zero-order valence-electron chi connectivity index (χ0n) is 11.3. The summed E-state index contributed by atoms with van der Waals surface area (Å²) in [5.74, 6) is 0. The standard InChI is InChI=1S/C17H17NO/c1-13-5-3-4-6-16(13)17(19-2)11-14-7-9-15(12-18)10-8-14/h3-10,17H,11H2,1-2H3. The summed E-state index contributed by atoms with van der Waals surface area (Å²) in [4.78, 5) is 0. The lowest BCUT2D eigenvalue weighted by Gasteiger charge is -2.18. The molecule has 0 N–H and O–H groups in total. The van der Waals surface area contributed by atoms with Gasteiger partial charge < -0.3 is 4.74 Å². The van der Waals surface area contributed by atoms with E-state index in [-0.39, 0.29) is 6.10 Å². The lowest BCUT2D eigenvalue weighted by Crippen LogP contribution is -2.07. The number of ether oxygens (including phenoxy) is 1. The van der Waals surface area contributed by atoms with Crippen molar-refractivity contribution in [1.82, 2.24) is 0 Å². The number of methoxy groups -OCH3 is 1. The van der Waals surface area contributed by atoms with E-state index in [0.717, 1.165) is 6.42 Å². The number of nitrogens with zero attached hydrogens (tertiary/aromatic N) is 1. The molecule has 1 atom stereocenters. The van der Waals surface area contributed by atoms with E-state index in [2.05, 4.69) is 25.1 Å². The summed E-state index contributed by atoms with van der Waals surface area (Å²) >= 11 is 0. The minimum Gasteiger partial charge on any atom is -0.376 e. The second kappa shape index (κ2) is 6.17. The van der Waals surface area contributed by atoms with Crippen LogP contribution in [0, 0.1) is 18.3 Å². The molecule has 0 aliphatic carbocycles. The van der Waals surface area contributed by atoms with E-state index >= 15 is 0 Å². The Kier molecular flexibility index (Phi) is 4.33. The van der Waals surface area contributed by atoms with Crippen molar-refractivity contribution in [1.29, 1.82) is 5.26 Å².